The molecule has 3 heterocycles. The molecule has 0 radical (unpaired) electrons. The first-order valence-electron chi connectivity index (χ1n) is 7.65. The van der Waals surface area contributed by atoms with Gasteiger partial charge in [0.25, 0.3) is 0 Å². The number of nitrogens with one attached hydrogen (secondary N) is 1. The summed E-state index contributed by atoms with van der Waals surface area (Å²) in [4.78, 5) is 17.1. The molecule has 0 aliphatic rings. The molecule has 124 valence electrons. The van der Waals surface area contributed by atoms with Crippen LogP contribution < -0.4 is 5.32 Å². The second kappa shape index (κ2) is 6.48. The molecular weight excluding hydrogens is 320 g/mol. The fourth-order valence-electron chi connectivity index (χ4n) is 2.63. The van der Waals surface area contributed by atoms with Crippen LogP contribution in [0.25, 0.3) is 5.65 Å². The Hall–Kier alpha value is -3.62. The largest absolute Gasteiger partial charge is 0.350 e. The van der Waals surface area contributed by atoms with Crippen molar-refractivity contribution in [3.05, 3.63) is 72.4 Å². The SMILES string of the molecule is O=C(NCc1cnn2cccnc12)[C@H](c1ccccc1)n1cnnn1. The van der Waals surface area contributed by atoms with Gasteiger partial charge in [-0.1, -0.05) is 30.3 Å². The molecule has 0 aliphatic heterocycles. The molecule has 0 saturated carbocycles. The number of aromatic nitrogens is 7. The van der Waals surface area contributed by atoms with Gasteiger partial charge in [-0.05, 0) is 22.1 Å². The van der Waals surface area contributed by atoms with Crippen LogP contribution in [0, 0.1) is 0 Å². The van der Waals surface area contributed by atoms with Gasteiger partial charge in [-0.25, -0.2) is 14.2 Å². The number of rotatable bonds is 5. The summed E-state index contributed by atoms with van der Waals surface area (Å²) >= 11 is 0. The van der Waals surface area contributed by atoms with E-state index in [0.29, 0.717) is 12.2 Å². The first kappa shape index (κ1) is 14.9. The maximum Gasteiger partial charge on any atom is 0.249 e. The predicted molar refractivity (Wildman–Crippen MR) is 87.2 cm³/mol. The number of fused-ring (bicyclic) bond motifs is 1. The lowest BCUT2D eigenvalue weighted by molar-refractivity contribution is -0.123. The number of carbonyl (C=O) groups is 1. The minimum atomic E-state index is -0.647. The highest BCUT2D eigenvalue weighted by Crippen LogP contribution is 2.17. The van der Waals surface area contributed by atoms with Crippen molar-refractivity contribution in [1.82, 2.24) is 40.1 Å². The van der Waals surface area contributed by atoms with E-state index in [4.69, 9.17) is 0 Å². The van der Waals surface area contributed by atoms with E-state index in [2.05, 4.69) is 30.9 Å². The minimum absolute atomic E-state index is 0.214. The van der Waals surface area contributed by atoms with Crippen LogP contribution in [0.15, 0.2) is 61.3 Å². The van der Waals surface area contributed by atoms with E-state index in [0.717, 1.165) is 11.1 Å². The van der Waals surface area contributed by atoms with Crippen molar-refractivity contribution < 1.29 is 4.79 Å². The summed E-state index contributed by atoms with van der Waals surface area (Å²) in [7, 11) is 0. The Kier molecular flexibility index (Phi) is 3.87. The highest BCUT2D eigenvalue weighted by Gasteiger charge is 2.23. The molecule has 9 heteroatoms. The van der Waals surface area contributed by atoms with Crippen LogP contribution in [0.1, 0.15) is 17.2 Å². The fraction of sp³-hybridized carbons (Fsp3) is 0.125. The van der Waals surface area contributed by atoms with Crippen LogP contribution in [0.3, 0.4) is 0 Å². The van der Waals surface area contributed by atoms with E-state index in [1.165, 1.54) is 11.0 Å². The maximum absolute atomic E-state index is 12.8. The Labute approximate surface area is 142 Å². The monoisotopic (exact) mass is 334 g/mol. The van der Waals surface area contributed by atoms with Gasteiger partial charge in [0.15, 0.2) is 11.7 Å². The van der Waals surface area contributed by atoms with Gasteiger partial charge in [-0.2, -0.15) is 5.10 Å². The van der Waals surface area contributed by atoms with Gasteiger partial charge in [-0.15, -0.1) is 5.10 Å². The lowest BCUT2D eigenvalue weighted by Gasteiger charge is -2.16. The summed E-state index contributed by atoms with van der Waals surface area (Å²) < 4.78 is 3.09. The van der Waals surface area contributed by atoms with E-state index in [1.807, 2.05) is 36.5 Å². The van der Waals surface area contributed by atoms with Crippen molar-refractivity contribution >= 4 is 11.6 Å². The molecule has 3 aromatic heterocycles. The smallest absolute Gasteiger partial charge is 0.249 e. The Bertz CT molecular complexity index is 980. The van der Waals surface area contributed by atoms with Gasteiger partial charge in [0.05, 0.1) is 6.20 Å². The number of benzene rings is 1. The molecule has 1 atom stereocenters. The number of nitrogens with zero attached hydrogens (tertiary/aromatic N) is 7. The van der Waals surface area contributed by atoms with Crippen molar-refractivity contribution in [1.29, 1.82) is 0 Å². The van der Waals surface area contributed by atoms with Gasteiger partial charge in [0.1, 0.15) is 6.33 Å². The van der Waals surface area contributed by atoms with Crippen molar-refractivity contribution in [2.45, 2.75) is 12.6 Å². The number of hydrogen-bond donors (Lipinski definition) is 1. The van der Waals surface area contributed by atoms with Crippen LogP contribution >= 0.6 is 0 Å². The summed E-state index contributed by atoms with van der Waals surface area (Å²) in [6.07, 6.45) is 6.61. The standard InChI is InChI=1S/C16H14N8O/c25-16(18-9-13-10-20-23-8-4-7-17-15(13)23)14(24-11-19-21-22-24)12-5-2-1-3-6-12/h1-8,10-11,14H,9H2,(H,18,25)/t14-/m0/s1. The number of amides is 1. The molecule has 4 aromatic rings. The van der Waals surface area contributed by atoms with Crippen molar-refractivity contribution in [2.75, 3.05) is 0 Å². The zero-order chi connectivity index (χ0) is 17.1. The van der Waals surface area contributed by atoms with E-state index < -0.39 is 6.04 Å². The van der Waals surface area contributed by atoms with Crippen LogP contribution in [0.5, 0.6) is 0 Å². The molecule has 9 nitrogen and oxygen atoms in total. The van der Waals surface area contributed by atoms with E-state index >= 15 is 0 Å². The average molecular weight is 334 g/mol. The van der Waals surface area contributed by atoms with Crippen molar-refractivity contribution in [3.63, 3.8) is 0 Å². The molecule has 0 unspecified atom stereocenters. The van der Waals surface area contributed by atoms with Gasteiger partial charge in [-0.3, -0.25) is 4.79 Å². The molecule has 1 amide bonds. The Morgan fingerprint density at radius 1 is 1.20 bits per heavy atom. The Balaban J connectivity index is 1.57. The topological polar surface area (TPSA) is 103 Å². The third-order valence-corrected chi connectivity index (χ3v) is 3.80. The van der Waals surface area contributed by atoms with Crippen LogP contribution in [-0.4, -0.2) is 40.7 Å². The molecule has 1 N–H and O–H groups in total. The quantitative estimate of drug-likeness (QED) is 0.574. The minimum Gasteiger partial charge on any atom is -0.350 e. The molecule has 0 saturated heterocycles. The zero-order valence-electron chi connectivity index (χ0n) is 13.1. The van der Waals surface area contributed by atoms with Crippen LogP contribution in [-0.2, 0) is 11.3 Å². The van der Waals surface area contributed by atoms with E-state index in [-0.39, 0.29) is 5.91 Å². The summed E-state index contributed by atoms with van der Waals surface area (Å²) in [5.74, 6) is -0.214. The van der Waals surface area contributed by atoms with Crippen LogP contribution in [0.4, 0.5) is 0 Å². The van der Waals surface area contributed by atoms with E-state index in [1.54, 1.807) is 23.0 Å². The Morgan fingerprint density at radius 3 is 2.88 bits per heavy atom. The molecule has 25 heavy (non-hydrogen) atoms. The third-order valence-electron chi connectivity index (χ3n) is 3.80. The van der Waals surface area contributed by atoms with Gasteiger partial charge in [0, 0.05) is 24.5 Å². The van der Waals surface area contributed by atoms with Gasteiger partial charge < -0.3 is 5.32 Å². The molecule has 0 bridgehead atoms. The molecule has 4 rings (SSSR count). The predicted octanol–water partition coefficient (Wildman–Crippen LogP) is 0.622. The zero-order valence-corrected chi connectivity index (χ0v) is 13.1. The number of hydrogen-bond acceptors (Lipinski definition) is 6. The molecular formula is C16H14N8O. The first-order valence-corrected chi connectivity index (χ1v) is 7.65. The summed E-state index contributed by atoms with van der Waals surface area (Å²) in [5, 5.41) is 18.3. The first-order chi connectivity index (χ1) is 12.3. The molecule has 1 aromatic carbocycles. The van der Waals surface area contributed by atoms with Gasteiger partial charge >= 0.3 is 0 Å². The van der Waals surface area contributed by atoms with Crippen LogP contribution in [0.2, 0.25) is 0 Å². The molecule has 0 fully saturated rings. The lowest BCUT2D eigenvalue weighted by Crippen LogP contribution is -2.33. The average Bonchev–Trinajstić information content (AvgIpc) is 3.31. The van der Waals surface area contributed by atoms with Crippen molar-refractivity contribution in [2.24, 2.45) is 0 Å². The summed E-state index contributed by atoms with van der Waals surface area (Å²) in [6.45, 7) is 0.310. The molecule has 0 aliphatic carbocycles. The summed E-state index contributed by atoms with van der Waals surface area (Å²) in [5.41, 5.74) is 2.34. The Morgan fingerprint density at radius 2 is 2.08 bits per heavy atom. The number of tetrazole rings is 1. The summed E-state index contributed by atoms with van der Waals surface area (Å²) in [6, 6.07) is 10.5. The van der Waals surface area contributed by atoms with Crippen molar-refractivity contribution in [3.8, 4) is 0 Å². The fourth-order valence-corrected chi connectivity index (χ4v) is 2.63. The normalized spacial score (nSPS) is 12.2. The highest BCUT2D eigenvalue weighted by molar-refractivity contribution is 5.83. The highest BCUT2D eigenvalue weighted by atomic mass is 16.2. The van der Waals surface area contributed by atoms with Gasteiger partial charge in [0.2, 0.25) is 5.91 Å². The lowest BCUT2D eigenvalue weighted by atomic mass is 10.1. The molecule has 0 spiro atoms. The maximum atomic E-state index is 12.8. The number of carbonyl (C=O) groups excluding carboxylic acids is 1. The second-order valence-electron chi connectivity index (χ2n) is 5.38. The third kappa shape index (κ3) is 2.94. The second-order valence-corrected chi connectivity index (χ2v) is 5.38. The van der Waals surface area contributed by atoms with E-state index in [9.17, 15) is 4.79 Å².